The minimum atomic E-state index is 0.114. The Balaban J connectivity index is 2.98. The Bertz CT molecular complexity index is 339. The highest BCUT2D eigenvalue weighted by Gasteiger charge is 2.14. The zero-order chi connectivity index (χ0) is 10.7. The second kappa shape index (κ2) is 4.40. The van der Waals surface area contributed by atoms with Crippen molar-refractivity contribution in [2.24, 2.45) is 0 Å². The zero-order valence-electron chi connectivity index (χ0n) is 9.42. The van der Waals surface area contributed by atoms with Gasteiger partial charge in [0.05, 0.1) is 11.3 Å². The summed E-state index contributed by atoms with van der Waals surface area (Å²) in [6.07, 6.45) is 2.26. The number of aromatic nitrogens is 2. The zero-order valence-corrected chi connectivity index (χ0v) is 9.42. The number of aryl methyl sites for hydroxylation is 2. The lowest BCUT2D eigenvalue weighted by atomic mass is 10.1. The summed E-state index contributed by atoms with van der Waals surface area (Å²) in [6.45, 7) is 8.52. The highest BCUT2D eigenvalue weighted by molar-refractivity contribution is 5.96. The predicted molar refractivity (Wildman–Crippen MR) is 56.6 cm³/mol. The first kappa shape index (κ1) is 11.0. The molecule has 1 aromatic rings. The van der Waals surface area contributed by atoms with Gasteiger partial charge in [-0.1, -0.05) is 13.3 Å². The molecule has 1 rings (SSSR count). The van der Waals surface area contributed by atoms with E-state index in [2.05, 4.69) is 12.0 Å². The van der Waals surface area contributed by atoms with Gasteiger partial charge in [-0.25, -0.2) is 0 Å². The van der Waals surface area contributed by atoms with Crippen LogP contribution in [0.2, 0.25) is 0 Å². The highest BCUT2D eigenvalue weighted by atomic mass is 16.1. The number of rotatable bonds is 4. The normalized spacial score (nSPS) is 10.6. The second-order valence-electron chi connectivity index (χ2n) is 3.68. The molecule has 0 amide bonds. The lowest BCUT2D eigenvalue weighted by molar-refractivity contribution is 0.101. The maximum atomic E-state index is 11.3. The maximum absolute atomic E-state index is 11.3. The molecule has 0 N–H and O–H groups in total. The van der Waals surface area contributed by atoms with Crippen molar-refractivity contribution in [1.29, 1.82) is 0 Å². The first-order valence-corrected chi connectivity index (χ1v) is 5.12. The molecule has 3 heteroatoms. The lowest BCUT2D eigenvalue weighted by Gasteiger charge is -2.02. The number of ketones is 1. The maximum Gasteiger partial charge on any atom is 0.163 e. The van der Waals surface area contributed by atoms with Gasteiger partial charge in [0.25, 0.3) is 0 Å². The van der Waals surface area contributed by atoms with Crippen molar-refractivity contribution in [1.82, 2.24) is 9.78 Å². The van der Waals surface area contributed by atoms with E-state index in [-0.39, 0.29) is 5.78 Å². The van der Waals surface area contributed by atoms with Gasteiger partial charge in [-0.15, -0.1) is 0 Å². The fourth-order valence-electron chi connectivity index (χ4n) is 1.73. The van der Waals surface area contributed by atoms with Gasteiger partial charge >= 0.3 is 0 Å². The van der Waals surface area contributed by atoms with E-state index in [1.165, 1.54) is 0 Å². The molecule has 0 saturated heterocycles. The molecular formula is C11H18N2O. The van der Waals surface area contributed by atoms with E-state index in [0.717, 1.165) is 36.3 Å². The standard InChI is InChI=1S/C11H18N2O/c1-5-6-7-13-9(3)11(10(4)14)8(2)12-13/h5-7H2,1-4H3. The molecular weight excluding hydrogens is 176 g/mol. The summed E-state index contributed by atoms with van der Waals surface area (Å²) in [7, 11) is 0. The summed E-state index contributed by atoms with van der Waals surface area (Å²) in [5.41, 5.74) is 2.65. The molecule has 1 heterocycles. The molecule has 0 aliphatic rings. The number of unbranched alkanes of at least 4 members (excludes halogenated alkanes) is 1. The Kier molecular flexibility index (Phi) is 3.44. The molecule has 1 aromatic heterocycles. The Morgan fingerprint density at radius 2 is 2.07 bits per heavy atom. The molecule has 0 aliphatic heterocycles. The van der Waals surface area contributed by atoms with E-state index in [4.69, 9.17) is 0 Å². The van der Waals surface area contributed by atoms with Gasteiger partial charge < -0.3 is 0 Å². The first-order valence-electron chi connectivity index (χ1n) is 5.12. The molecule has 3 nitrogen and oxygen atoms in total. The minimum Gasteiger partial charge on any atom is -0.294 e. The fourth-order valence-corrected chi connectivity index (χ4v) is 1.73. The van der Waals surface area contributed by atoms with E-state index >= 15 is 0 Å². The van der Waals surface area contributed by atoms with Crippen LogP contribution in [0.25, 0.3) is 0 Å². The number of carbonyl (C=O) groups is 1. The quantitative estimate of drug-likeness (QED) is 0.690. The van der Waals surface area contributed by atoms with E-state index in [9.17, 15) is 4.79 Å². The van der Waals surface area contributed by atoms with E-state index < -0.39 is 0 Å². The van der Waals surface area contributed by atoms with Crippen LogP contribution in [0.1, 0.15) is 48.4 Å². The molecule has 0 aromatic carbocycles. The van der Waals surface area contributed by atoms with Crippen LogP contribution in [0.3, 0.4) is 0 Å². The van der Waals surface area contributed by atoms with E-state index in [1.807, 2.05) is 18.5 Å². The molecule has 14 heavy (non-hydrogen) atoms. The molecule has 0 unspecified atom stereocenters. The molecule has 0 saturated carbocycles. The van der Waals surface area contributed by atoms with Crippen LogP contribution >= 0.6 is 0 Å². The van der Waals surface area contributed by atoms with E-state index in [1.54, 1.807) is 6.92 Å². The third-order valence-corrected chi connectivity index (χ3v) is 2.46. The van der Waals surface area contributed by atoms with Crippen molar-refractivity contribution >= 4 is 5.78 Å². The monoisotopic (exact) mass is 194 g/mol. The average molecular weight is 194 g/mol. The van der Waals surface area contributed by atoms with Crippen LogP contribution < -0.4 is 0 Å². The average Bonchev–Trinajstić information content (AvgIpc) is 2.38. The topological polar surface area (TPSA) is 34.9 Å². The minimum absolute atomic E-state index is 0.114. The van der Waals surface area contributed by atoms with Crippen LogP contribution in [-0.4, -0.2) is 15.6 Å². The fraction of sp³-hybridized carbons (Fsp3) is 0.636. The SMILES string of the molecule is CCCCn1nc(C)c(C(C)=O)c1C. The molecule has 0 atom stereocenters. The van der Waals surface area contributed by atoms with Crippen LogP contribution in [-0.2, 0) is 6.54 Å². The summed E-state index contributed by atoms with van der Waals surface area (Å²) in [5.74, 6) is 0.114. The van der Waals surface area contributed by atoms with Crippen molar-refractivity contribution in [3.8, 4) is 0 Å². The molecule has 0 fully saturated rings. The van der Waals surface area contributed by atoms with Crippen molar-refractivity contribution in [3.05, 3.63) is 17.0 Å². The number of hydrogen-bond acceptors (Lipinski definition) is 2. The summed E-state index contributed by atoms with van der Waals surface area (Å²) in [4.78, 5) is 11.3. The Hall–Kier alpha value is -1.12. The molecule has 78 valence electrons. The summed E-state index contributed by atoms with van der Waals surface area (Å²) >= 11 is 0. The number of hydrogen-bond donors (Lipinski definition) is 0. The van der Waals surface area contributed by atoms with Crippen LogP contribution in [0, 0.1) is 13.8 Å². The smallest absolute Gasteiger partial charge is 0.163 e. The van der Waals surface area contributed by atoms with Crippen LogP contribution in [0.4, 0.5) is 0 Å². The Labute approximate surface area is 85.1 Å². The molecule has 0 bridgehead atoms. The van der Waals surface area contributed by atoms with Gasteiger partial charge in [-0.2, -0.15) is 5.10 Å². The third kappa shape index (κ3) is 2.03. The number of nitrogens with zero attached hydrogens (tertiary/aromatic N) is 2. The second-order valence-corrected chi connectivity index (χ2v) is 3.68. The highest BCUT2D eigenvalue weighted by Crippen LogP contribution is 2.14. The Morgan fingerprint density at radius 1 is 1.43 bits per heavy atom. The largest absolute Gasteiger partial charge is 0.294 e. The summed E-state index contributed by atoms with van der Waals surface area (Å²) in [6, 6.07) is 0. The summed E-state index contributed by atoms with van der Waals surface area (Å²) in [5, 5.41) is 4.36. The predicted octanol–water partition coefficient (Wildman–Crippen LogP) is 2.50. The van der Waals surface area contributed by atoms with Crippen molar-refractivity contribution in [2.45, 2.75) is 47.1 Å². The number of carbonyl (C=O) groups excluding carboxylic acids is 1. The summed E-state index contributed by atoms with van der Waals surface area (Å²) < 4.78 is 1.94. The molecule has 0 spiro atoms. The third-order valence-electron chi connectivity index (χ3n) is 2.46. The van der Waals surface area contributed by atoms with Crippen LogP contribution in [0.15, 0.2) is 0 Å². The first-order chi connectivity index (χ1) is 6.57. The van der Waals surface area contributed by atoms with Gasteiger partial charge in [0.15, 0.2) is 5.78 Å². The van der Waals surface area contributed by atoms with Crippen molar-refractivity contribution < 1.29 is 4.79 Å². The van der Waals surface area contributed by atoms with Crippen LogP contribution in [0.5, 0.6) is 0 Å². The van der Waals surface area contributed by atoms with Crippen molar-refractivity contribution in [2.75, 3.05) is 0 Å². The van der Waals surface area contributed by atoms with Gasteiger partial charge in [0.1, 0.15) is 0 Å². The molecule has 0 aliphatic carbocycles. The van der Waals surface area contributed by atoms with Gasteiger partial charge in [0.2, 0.25) is 0 Å². The van der Waals surface area contributed by atoms with Gasteiger partial charge in [0, 0.05) is 12.2 Å². The Morgan fingerprint density at radius 3 is 2.50 bits per heavy atom. The van der Waals surface area contributed by atoms with Gasteiger partial charge in [-0.05, 0) is 27.2 Å². The lowest BCUT2D eigenvalue weighted by Crippen LogP contribution is -2.03. The molecule has 0 radical (unpaired) electrons. The van der Waals surface area contributed by atoms with Gasteiger partial charge in [-0.3, -0.25) is 9.48 Å². The van der Waals surface area contributed by atoms with E-state index in [0.29, 0.717) is 0 Å². The number of Topliss-reactive ketones (excluding diaryl/α,β-unsaturated/α-hetero) is 1. The van der Waals surface area contributed by atoms with Crippen molar-refractivity contribution in [3.63, 3.8) is 0 Å².